The second kappa shape index (κ2) is 7.23. The van der Waals surface area contributed by atoms with E-state index in [1.54, 1.807) is 24.6 Å². The zero-order valence-electron chi connectivity index (χ0n) is 15.0. The Morgan fingerprint density at radius 2 is 1.92 bits per heavy atom. The Morgan fingerprint density at radius 3 is 2.52 bits per heavy atom. The summed E-state index contributed by atoms with van der Waals surface area (Å²) in [5, 5.41) is 4.19. The van der Waals surface area contributed by atoms with Crippen molar-refractivity contribution in [1.29, 1.82) is 0 Å². The minimum absolute atomic E-state index is 0.461. The number of hydrogen-bond donors (Lipinski definition) is 0. The number of nitrogens with zero attached hydrogens (tertiary/aromatic N) is 5. The fourth-order valence-electron chi connectivity index (χ4n) is 3.23. The minimum Gasteiger partial charge on any atom is -0.266 e. The summed E-state index contributed by atoms with van der Waals surface area (Å²) in [5.41, 5.74) is 2.96. The van der Waals surface area contributed by atoms with Crippen LogP contribution in [0.3, 0.4) is 0 Å². The average molecular weight is 363 g/mol. The maximum Gasteiger partial charge on any atom is 0.281 e. The molecule has 0 radical (unpaired) electrons. The second-order valence-corrected chi connectivity index (χ2v) is 8.83. The summed E-state index contributed by atoms with van der Waals surface area (Å²) in [6.07, 6.45) is 4.38. The van der Waals surface area contributed by atoms with Crippen molar-refractivity contribution < 1.29 is 8.42 Å². The molecule has 1 aliphatic heterocycles. The lowest BCUT2D eigenvalue weighted by atomic mass is 9.93. The molecule has 0 saturated carbocycles. The van der Waals surface area contributed by atoms with Crippen LogP contribution in [0.15, 0.2) is 30.5 Å². The van der Waals surface area contributed by atoms with Crippen LogP contribution < -0.4 is 0 Å². The molecule has 7 nitrogen and oxygen atoms in total. The van der Waals surface area contributed by atoms with E-state index in [1.165, 1.54) is 4.31 Å². The zero-order chi connectivity index (χ0) is 18.0. The maximum atomic E-state index is 12.2. The van der Waals surface area contributed by atoms with Gasteiger partial charge < -0.3 is 0 Å². The summed E-state index contributed by atoms with van der Waals surface area (Å²) in [4.78, 5) is 4.77. The molecule has 3 rings (SSSR count). The number of piperidine rings is 1. The molecule has 1 fully saturated rings. The van der Waals surface area contributed by atoms with Gasteiger partial charge in [-0.15, -0.1) is 0 Å². The topological polar surface area (TPSA) is 71.3 Å². The lowest BCUT2D eigenvalue weighted by Gasteiger charge is -2.32. The van der Waals surface area contributed by atoms with Crippen LogP contribution in [0.1, 0.15) is 18.5 Å². The fourth-order valence-corrected chi connectivity index (χ4v) is 4.37. The zero-order valence-corrected chi connectivity index (χ0v) is 15.8. The highest BCUT2D eigenvalue weighted by molar-refractivity contribution is 7.86. The van der Waals surface area contributed by atoms with Crippen LogP contribution in [0, 0.1) is 5.92 Å². The van der Waals surface area contributed by atoms with Gasteiger partial charge in [0, 0.05) is 46.1 Å². The van der Waals surface area contributed by atoms with Gasteiger partial charge in [0.2, 0.25) is 0 Å². The summed E-state index contributed by atoms with van der Waals surface area (Å²) in [5.74, 6) is 0.461. The lowest BCUT2D eigenvalue weighted by molar-refractivity contribution is 0.261. The van der Waals surface area contributed by atoms with Crippen molar-refractivity contribution in [1.82, 2.24) is 23.4 Å². The molecule has 0 bridgehead atoms. The predicted octanol–water partition coefficient (Wildman–Crippen LogP) is 1.54. The largest absolute Gasteiger partial charge is 0.281 e. The average Bonchev–Trinajstić information content (AvgIpc) is 3.01. The smallest absolute Gasteiger partial charge is 0.266 e. The van der Waals surface area contributed by atoms with E-state index >= 15 is 0 Å². The van der Waals surface area contributed by atoms with Gasteiger partial charge in [-0.2, -0.15) is 22.1 Å². The Bertz CT molecular complexity index is 823. The first-order chi connectivity index (χ1) is 11.9. The number of hydrogen-bond acceptors (Lipinski definition) is 4. The monoisotopic (exact) mass is 363 g/mol. The molecule has 136 valence electrons. The number of aryl methyl sites for hydroxylation is 1. The molecule has 25 heavy (non-hydrogen) atoms. The van der Waals surface area contributed by atoms with Crippen molar-refractivity contribution in [3.8, 4) is 11.4 Å². The van der Waals surface area contributed by atoms with Crippen LogP contribution >= 0.6 is 0 Å². The van der Waals surface area contributed by atoms with E-state index in [0.29, 0.717) is 19.0 Å². The molecule has 3 heterocycles. The summed E-state index contributed by atoms with van der Waals surface area (Å²) >= 11 is 0. The third-order valence-electron chi connectivity index (χ3n) is 4.75. The van der Waals surface area contributed by atoms with Gasteiger partial charge in [0.15, 0.2) is 0 Å². The SMILES string of the molecule is CN(C)S(=O)(=O)N1CCC(Cc2cccc(-c3ccnn3C)n2)CC1. The number of aromatic nitrogens is 3. The summed E-state index contributed by atoms with van der Waals surface area (Å²) in [6.45, 7) is 1.15. The highest BCUT2D eigenvalue weighted by Crippen LogP contribution is 2.24. The van der Waals surface area contributed by atoms with Crippen molar-refractivity contribution in [3.63, 3.8) is 0 Å². The van der Waals surface area contributed by atoms with Gasteiger partial charge in [-0.25, -0.2) is 0 Å². The summed E-state index contributed by atoms with van der Waals surface area (Å²) in [7, 11) is 1.77. The molecule has 0 atom stereocenters. The number of rotatable bonds is 5. The van der Waals surface area contributed by atoms with Crippen molar-refractivity contribution in [2.24, 2.45) is 13.0 Å². The van der Waals surface area contributed by atoms with Crippen LogP contribution in [0.25, 0.3) is 11.4 Å². The van der Waals surface area contributed by atoms with Crippen LogP contribution in [-0.2, 0) is 23.7 Å². The normalized spacial score (nSPS) is 17.3. The molecule has 0 unspecified atom stereocenters. The third kappa shape index (κ3) is 3.91. The van der Waals surface area contributed by atoms with Crippen molar-refractivity contribution in [2.45, 2.75) is 19.3 Å². The summed E-state index contributed by atoms with van der Waals surface area (Å²) in [6, 6.07) is 8.02. The first-order valence-corrected chi connectivity index (χ1v) is 9.89. The predicted molar refractivity (Wildman–Crippen MR) is 97.0 cm³/mol. The van der Waals surface area contributed by atoms with Gasteiger partial charge in [0.25, 0.3) is 10.2 Å². The van der Waals surface area contributed by atoms with Gasteiger partial charge in [0.1, 0.15) is 0 Å². The molecule has 0 aliphatic carbocycles. The molecule has 0 amide bonds. The Morgan fingerprint density at radius 1 is 1.20 bits per heavy atom. The van der Waals surface area contributed by atoms with E-state index in [1.807, 2.05) is 36.0 Å². The first-order valence-electron chi connectivity index (χ1n) is 8.50. The Hall–Kier alpha value is -1.77. The van der Waals surface area contributed by atoms with E-state index in [4.69, 9.17) is 4.98 Å². The van der Waals surface area contributed by atoms with Crippen molar-refractivity contribution in [2.75, 3.05) is 27.2 Å². The van der Waals surface area contributed by atoms with Crippen LogP contribution in [0.2, 0.25) is 0 Å². The first kappa shape index (κ1) is 18.0. The maximum absolute atomic E-state index is 12.2. The number of pyridine rings is 1. The second-order valence-electron chi connectivity index (χ2n) is 6.69. The van der Waals surface area contributed by atoms with Gasteiger partial charge in [-0.1, -0.05) is 6.07 Å². The van der Waals surface area contributed by atoms with E-state index < -0.39 is 10.2 Å². The standard InChI is InChI=1S/C17H25N5O2S/c1-20(2)25(23,24)22-11-8-14(9-12-22)13-15-5-4-6-16(19-15)17-7-10-18-21(17)3/h4-7,10,14H,8-9,11-13H2,1-3H3. The van der Waals surface area contributed by atoms with Crippen molar-refractivity contribution >= 4 is 10.2 Å². The molecular formula is C17H25N5O2S. The Balaban J connectivity index is 1.64. The molecule has 2 aromatic rings. The molecular weight excluding hydrogens is 338 g/mol. The molecule has 1 saturated heterocycles. The Labute approximate surface area is 149 Å². The highest BCUT2D eigenvalue weighted by Gasteiger charge is 2.29. The van der Waals surface area contributed by atoms with Crippen LogP contribution in [0.5, 0.6) is 0 Å². The Kier molecular flexibility index (Phi) is 5.21. The van der Waals surface area contributed by atoms with Gasteiger partial charge in [-0.05, 0) is 43.4 Å². The third-order valence-corrected chi connectivity index (χ3v) is 6.69. The van der Waals surface area contributed by atoms with Crippen LogP contribution in [-0.4, -0.2) is 59.0 Å². The molecule has 0 aromatic carbocycles. The molecule has 8 heteroatoms. The molecule has 1 aliphatic rings. The lowest BCUT2D eigenvalue weighted by Crippen LogP contribution is -2.44. The minimum atomic E-state index is -3.30. The van der Waals surface area contributed by atoms with E-state index in [2.05, 4.69) is 5.10 Å². The molecule has 0 N–H and O–H groups in total. The quantitative estimate of drug-likeness (QED) is 0.808. The fraction of sp³-hybridized carbons (Fsp3) is 0.529. The van der Waals surface area contributed by atoms with Crippen LogP contribution in [0.4, 0.5) is 0 Å². The van der Waals surface area contributed by atoms with E-state index in [-0.39, 0.29) is 0 Å². The van der Waals surface area contributed by atoms with Crippen molar-refractivity contribution in [3.05, 3.63) is 36.2 Å². The van der Waals surface area contributed by atoms with Gasteiger partial charge >= 0.3 is 0 Å². The molecule has 0 spiro atoms. The van der Waals surface area contributed by atoms with Gasteiger partial charge in [0.05, 0.1) is 11.4 Å². The van der Waals surface area contributed by atoms with E-state index in [9.17, 15) is 8.42 Å². The van der Waals surface area contributed by atoms with E-state index in [0.717, 1.165) is 36.3 Å². The van der Waals surface area contributed by atoms with Gasteiger partial charge in [-0.3, -0.25) is 9.67 Å². The summed E-state index contributed by atoms with van der Waals surface area (Å²) < 4.78 is 29.1. The highest BCUT2D eigenvalue weighted by atomic mass is 32.2. The molecule has 2 aromatic heterocycles.